The molecule has 0 unspecified atom stereocenters. The van der Waals surface area contributed by atoms with Gasteiger partial charge in [0.05, 0.1) is 6.54 Å². The molecular weight excluding hydrogens is 313 g/mol. The van der Waals surface area contributed by atoms with Crippen LogP contribution in [0.2, 0.25) is 5.02 Å². The van der Waals surface area contributed by atoms with Crippen molar-refractivity contribution in [1.82, 2.24) is 9.55 Å². The Morgan fingerprint density at radius 1 is 1.19 bits per heavy atom. The Hall–Kier alpha value is -2.22. The highest BCUT2D eigenvalue weighted by molar-refractivity contribution is 6.30. The van der Waals surface area contributed by atoms with E-state index >= 15 is 0 Å². The summed E-state index contributed by atoms with van der Waals surface area (Å²) < 4.78 is 40.9. The fourth-order valence-electron chi connectivity index (χ4n) is 1.59. The van der Waals surface area contributed by atoms with Gasteiger partial charge in [-0.05, 0) is 17.7 Å². The van der Waals surface area contributed by atoms with Crippen molar-refractivity contribution in [2.75, 3.05) is 0 Å². The molecule has 0 fully saturated rings. The molecule has 0 bridgehead atoms. The predicted octanol–water partition coefficient (Wildman–Crippen LogP) is 2.14. The third-order valence-corrected chi connectivity index (χ3v) is 2.75. The lowest BCUT2D eigenvalue weighted by Crippen LogP contribution is -2.29. The zero-order valence-corrected chi connectivity index (χ0v) is 11.0. The SMILES string of the molecule is O=c1[nH]c(=O)n(Cc2ccc(OC(F)(F)F)cc2)cc1Cl. The van der Waals surface area contributed by atoms with Gasteiger partial charge in [0.25, 0.3) is 5.56 Å². The fraction of sp³-hybridized carbons (Fsp3) is 0.167. The van der Waals surface area contributed by atoms with Gasteiger partial charge in [0.15, 0.2) is 0 Å². The fourth-order valence-corrected chi connectivity index (χ4v) is 1.76. The normalized spacial score (nSPS) is 11.4. The second kappa shape index (κ2) is 5.65. The second-order valence-corrected chi connectivity index (χ2v) is 4.46. The summed E-state index contributed by atoms with van der Waals surface area (Å²) in [7, 11) is 0. The number of nitrogens with one attached hydrogen (secondary N) is 1. The molecule has 112 valence electrons. The standard InChI is InChI=1S/C12H8ClF3N2O3/c13-9-6-18(11(20)17-10(9)19)5-7-1-3-8(4-2-7)21-12(14,15)16/h1-4,6H,5H2,(H,17,19,20). The molecule has 0 saturated heterocycles. The van der Waals surface area contributed by atoms with Crippen LogP contribution in [-0.4, -0.2) is 15.9 Å². The van der Waals surface area contributed by atoms with Crippen molar-refractivity contribution in [3.8, 4) is 5.75 Å². The number of aromatic amines is 1. The minimum absolute atomic E-state index is 0.0433. The van der Waals surface area contributed by atoms with Crippen LogP contribution < -0.4 is 16.0 Å². The number of aromatic nitrogens is 2. The first-order valence-corrected chi connectivity index (χ1v) is 5.96. The molecule has 5 nitrogen and oxygen atoms in total. The van der Waals surface area contributed by atoms with Crippen LogP contribution in [0.15, 0.2) is 40.1 Å². The van der Waals surface area contributed by atoms with Gasteiger partial charge in [-0.1, -0.05) is 23.7 Å². The Balaban J connectivity index is 2.19. The van der Waals surface area contributed by atoms with Gasteiger partial charge in [0, 0.05) is 6.20 Å². The zero-order valence-electron chi connectivity index (χ0n) is 10.3. The van der Waals surface area contributed by atoms with Gasteiger partial charge in [-0.2, -0.15) is 0 Å². The summed E-state index contributed by atoms with van der Waals surface area (Å²) in [6.45, 7) is 0.0433. The van der Waals surface area contributed by atoms with E-state index < -0.39 is 17.6 Å². The van der Waals surface area contributed by atoms with Crippen molar-refractivity contribution in [3.05, 3.63) is 61.9 Å². The first-order valence-electron chi connectivity index (χ1n) is 5.58. The van der Waals surface area contributed by atoms with Crippen LogP contribution in [0.25, 0.3) is 0 Å². The van der Waals surface area contributed by atoms with E-state index in [1.165, 1.54) is 12.1 Å². The van der Waals surface area contributed by atoms with Gasteiger partial charge < -0.3 is 4.74 Å². The highest BCUT2D eigenvalue weighted by Gasteiger charge is 2.30. The lowest BCUT2D eigenvalue weighted by Gasteiger charge is -2.10. The first-order chi connectivity index (χ1) is 9.74. The molecule has 0 atom stereocenters. The minimum atomic E-state index is -4.76. The molecule has 0 aliphatic carbocycles. The van der Waals surface area contributed by atoms with Gasteiger partial charge in [-0.15, -0.1) is 13.2 Å². The lowest BCUT2D eigenvalue weighted by atomic mass is 10.2. The average Bonchev–Trinajstić information content (AvgIpc) is 2.36. The molecule has 1 heterocycles. The van der Waals surface area contributed by atoms with Crippen LogP contribution in [0.4, 0.5) is 13.2 Å². The molecule has 0 aliphatic heterocycles. The average molecular weight is 321 g/mol. The van der Waals surface area contributed by atoms with Gasteiger partial charge in [0.2, 0.25) is 0 Å². The summed E-state index contributed by atoms with van der Waals surface area (Å²) in [5.74, 6) is -0.363. The maximum Gasteiger partial charge on any atom is 0.573 e. The monoisotopic (exact) mass is 320 g/mol. The molecule has 0 amide bonds. The molecule has 2 aromatic rings. The molecular formula is C12H8ClF3N2O3. The van der Waals surface area contributed by atoms with Crippen molar-refractivity contribution in [2.24, 2.45) is 0 Å². The molecule has 21 heavy (non-hydrogen) atoms. The first kappa shape index (κ1) is 15.2. The highest BCUT2D eigenvalue weighted by atomic mass is 35.5. The number of H-pyrrole nitrogens is 1. The molecule has 9 heteroatoms. The van der Waals surface area contributed by atoms with Crippen LogP contribution in [0, 0.1) is 0 Å². The summed E-state index contributed by atoms with van der Waals surface area (Å²) in [6.07, 6.45) is -3.60. The number of benzene rings is 1. The van der Waals surface area contributed by atoms with E-state index in [1.54, 1.807) is 0 Å². The van der Waals surface area contributed by atoms with Gasteiger partial charge in [-0.3, -0.25) is 14.3 Å². The summed E-state index contributed by atoms with van der Waals surface area (Å²) in [5, 5.41) is -0.161. The van der Waals surface area contributed by atoms with Gasteiger partial charge >= 0.3 is 12.1 Å². The Kier molecular flexibility index (Phi) is 4.08. The third kappa shape index (κ3) is 4.12. The van der Waals surface area contributed by atoms with Crippen LogP contribution in [-0.2, 0) is 6.54 Å². The summed E-state index contributed by atoms with van der Waals surface area (Å²) in [6, 6.07) is 4.99. The van der Waals surface area contributed by atoms with E-state index in [9.17, 15) is 22.8 Å². The molecule has 1 aromatic heterocycles. The van der Waals surface area contributed by atoms with Crippen molar-refractivity contribution >= 4 is 11.6 Å². The number of ether oxygens (including phenoxy) is 1. The number of halogens is 4. The van der Waals surface area contributed by atoms with Crippen molar-refractivity contribution in [3.63, 3.8) is 0 Å². The van der Waals surface area contributed by atoms with E-state index in [4.69, 9.17) is 11.6 Å². The van der Waals surface area contributed by atoms with E-state index in [0.717, 1.165) is 22.9 Å². The minimum Gasteiger partial charge on any atom is -0.406 e. The molecule has 1 N–H and O–H groups in total. The number of hydrogen-bond acceptors (Lipinski definition) is 3. The number of hydrogen-bond donors (Lipinski definition) is 1. The maximum absolute atomic E-state index is 12.0. The van der Waals surface area contributed by atoms with Gasteiger partial charge in [0.1, 0.15) is 10.8 Å². The van der Waals surface area contributed by atoms with Crippen molar-refractivity contribution in [2.45, 2.75) is 12.9 Å². The largest absolute Gasteiger partial charge is 0.573 e. The van der Waals surface area contributed by atoms with Crippen LogP contribution in [0.5, 0.6) is 5.75 Å². The third-order valence-electron chi connectivity index (χ3n) is 2.48. The summed E-state index contributed by atoms with van der Waals surface area (Å²) in [4.78, 5) is 24.6. The number of alkyl halides is 3. The summed E-state index contributed by atoms with van der Waals surface area (Å²) in [5.41, 5.74) is -0.832. The Morgan fingerprint density at radius 2 is 1.81 bits per heavy atom. The Morgan fingerprint density at radius 3 is 2.38 bits per heavy atom. The molecule has 0 radical (unpaired) electrons. The zero-order chi connectivity index (χ0) is 15.6. The highest BCUT2D eigenvalue weighted by Crippen LogP contribution is 2.22. The molecule has 2 rings (SSSR count). The Bertz CT molecular complexity index is 750. The van der Waals surface area contributed by atoms with E-state index in [1.807, 2.05) is 4.98 Å². The smallest absolute Gasteiger partial charge is 0.406 e. The van der Waals surface area contributed by atoms with E-state index in [-0.39, 0.29) is 17.3 Å². The summed E-state index contributed by atoms with van der Waals surface area (Å²) >= 11 is 5.60. The van der Waals surface area contributed by atoms with E-state index in [2.05, 4.69) is 4.74 Å². The molecule has 0 saturated carbocycles. The quantitative estimate of drug-likeness (QED) is 0.942. The van der Waals surface area contributed by atoms with Crippen molar-refractivity contribution < 1.29 is 17.9 Å². The predicted molar refractivity (Wildman–Crippen MR) is 68.6 cm³/mol. The lowest BCUT2D eigenvalue weighted by molar-refractivity contribution is -0.274. The van der Waals surface area contributed by atoms with E-state index in [0.29, 0.717) is 5.56 Å². The Labute approximate surface area is 120 Å². The molecule has 0 spiro atoms. The molecule has 1 aromatic carbocycles. The second-order valence-electron chi connectivity index (χ2n) is 4.06. The van der Waals surface area contributed by atoms with Crippen LogP contribution >= 0.6 is 11.6 Å². The molecule has 0 aliphatic rings. The maximum atomic E-state index is 12.0. The topological polar surface area (TPSA) is 64.1 Å². The number of nitrogens with zero attached hydrogens (tertiary/aromatic N) is 1. The van der Waals surface area contributed by atoms with Crippen molar-refractivity contribution in [1.29, 1.82) is 0 Å². The van der Waals surface area contributed by atoms with Crippen LogP contribution in [0.1, 0.15) is 5.56 Å². The number of rotatable bonds is 3. The van der Waals surface area contributed by atoms with Gasteiger partial charge in [-0.25, -0.2) is 4.79 Å². The van der Waals surface area contributed by atoms with Crippen LogP contribution in [0.3, 0.4) is 0 Å².